The van der Waals surface area contributed by atoms with Crippen molar-refractivity contribution in [2.45, 2.75) is 5.75 Å². The summed E-state index contributed by atoms with van der Waals surface area (Å²) in [6.45, 7) is 0. The van der Waals surface area contributed by atoms with E-state index < -0.39 is 0 Å². The Hall–Kier alpha value is -2.93. The number of hydrogen-bond acceptors (Lipinski definition) is 5. The molecule has 1 N–H and O–H groups in total. The fourth-order valence-corrected chi connectivity index (χ4v) is 3.31. The molecule has 0 bridgehead atoms. The second kappa shape index (κ2) is 9.14. The van der Waals surface area contributed by atoms with Crippen molar-refractivity contribution >= 4 is 23.4 Å². The molecule has 0 radical (unpaired) electrons. The number of hydrogen-bond donors (Lipinski definition) is 1. The smallest absolute Gasteiger partial charge is 0.234 e. The Morgan fingerprint density at radius 1 is 1.15 bits per heavy atom. The maximum Gasteiger partial charge on any atom is 0.234 e. The Bertz CT molecular complexity index is 880. The minimum atomic E-state index is -0.0836. The number of amides is 1. The SMILES string of the molecule is COc1ccc(OC)c(NC(=O)CSCc2ccc(-n3cccn3)cc2)c1. The minimum absolute atomic E-state index is 0.0836. The quantitative estimate of drug-likeness (QED) is 0.642. The van der Waals surface area contributed by atoms with Gasteiger partial charge < -0.3 is 14.8 Å². The van der Waals surface area contributed by atoms with E-state index in [1.54, 1.807) is 50.4 Å². The molecule has 1 amide bonds. The summed E-state index contributed by atoms with van der Waals surface area (Å²) in [5.74, 6) is 2.28. The molecule has 6 nitrogen and oxygen atoms in total. The van der Waals surface area contributed by atoms with Crippen molar-refractivity contribution in [3.63, 3.8) is 0 Å². The molecular formula is C20H21N3O3S. The molecule has 27 heavy (non-hydrogen) atoms. The number of anilines is 1. The molecule has 1 aromatic heterocycles. The number of ether oxygens (including phenoxy) is 2. The molecule has 0 atom stereocenters. The lowest BCUT2D eigenvalue weighted by Gasteiger charge is -2.11. The van der Waals surface area contributed by atoms with Crippen LogP contribution in [-0.2, 0) is 10.5 Å². The molecule has 0 aliphatic heterocycles. The third-order valence-corrected chi connectivity index (χ3v) is 4.89. The zero-order valence-electron chi connectivity index (χ0n) is 15.2. The molecule has 140 valence electrons. The number of benzene rings is 2. The van der Waals surface area contributed by atoms with Crippen LogP contribution >= 0.6 is 11.8 Å². The van der Waals surface area contributed by atoms with Gasteiger partial charge in [0, 0.05) is 24.2 Å². The molecular weight excluding hydrogens is 362 g/mol. The first-order chi connectivity index (χ1) is 13.2. The van der Waals surface area contributed by atoms with Crippen LogP contribution < -0.4 is 14.8 Å². The van der Waals surface area contributed by atoms with Gasteiger partial charge in [0.15, 0.2) is 0 Å². The zero-order valence-corrected chi connectivity index (χ0v) is 16.0. The monoisotopic (exact) mass is 383 g/mol. The average Bonchev–Trinajstić information content (AvgIpc) is 3.23. The van der Waals surface area contributed by atoms with Crippen LogP contribution in [0.4, 0.5) is 5.69 Å². The number of carbonyl (C=O) groups excluding carboxylic acids is 1. The Morgan fingerprint density at radius 3 is 2.63 bits per heavy atom. The van der Waals surface area contributed by atoms with Gasteiger partial charge in [-0.25, -0.2) is 4.68 Å². The third-order valence-electron chi connectivity index (χ3n) is 3.89. The molecule has 0 fully saturated rings. The highest BCUT2D eigenvalue weighted by Gasteiger charge is 2.09. The topological polar surface area (TPSA) is 65.4 Å². The van der Waals surface area contributed by atoms with Crippen LogP contribution in [0.1, 0.15) is 5.56 Å². The number of aromatic nitrogens is 2. The molecule has 1 heterocycles. The van der Waals surface area contributed by atoms with Gasteiger partial charge in [0.25, 0.3) is 0 Å². The third kappa shape index (κ3) is 5.04. The predicted octanol–water partition coefficient (Wildman–Crippen LogP) is 3.76. The summed E-state index contributed by atoms with van der Waals surface area (Å²) < 4.78 is 12.3. The lowest BCUT2D eigenvalue weighted by atomic mass is 10.2. The van der Waals surface area contributed by atoms with E-state index in [0.29, 0.717) is 22.9 Å². The van der Waals surface area contributed by atoms with Crippen molar-refractivity contribution in [1.82, 2.24) is 9.78 Å². The van der Waals surface area contributed by atoms with Crippen LogP contribution in [0, 0.1) is 0 Å². The van der Waals surface area contributed by atoms with Gasteiger partial charge in [-0.2, -0.15) is 5.10 Å². The fraction of sp³-hybridized carbons (Fsp3) is 0.200. The van der Waals surface area contributed by atoms with Crippen molar-refractivity contribution in [1.29, 1.82) is 0 Å². The van der Waals surface area contributed by atoms with Gasteiger partial charge in [0.2, 0.25) is 5.91 Å². The van der Waals surface area contributed by atoms with Gasteiger partial charge in [-0.3, -0.25) is 4.79 Å². The summed E-state index contributed by atoms with van der Waals surface area (Å²) in [6.07, 6.45) is 3.65. The summed E-state index contributed by atoms with van der Waals surface area (Å²) in [6, 6.07) is 15.3. The molecule has 3 aromatic rings. The van der Waals surface area contributed by atoms with Crippen LogP contribution in [0.2, 0.25) is 0 Å². The summed E-state index contributed by atoms with van der Waals surface area (Å²) >= 11 is 1.55. The van der Waals surface area contributed by atoms with Crippen molar-refractivity contribution in [2.24, 2.45) is 0 Å². The van der Waals surface area contributed by atoms with Gasteiger partial charge in [-0.1, -0.05) is 12.1 Å². The number of nitrogens with one attached hydrogen (secondary N) is 1. The summed E-state index contributed by atoms with van der Waals surface area (Å²) in [5.41, 5.74) is 2.77. The van der Waals surface area contributed by atoms with Crippen LogP contribution in [-0.4, -0.2) is 35.7 Å². The largest absolute Gasteiger partial charge is 0.497 e. The summed E-state index contributed by atoms with van der Waals surface area (Å²) in [7, 11) is 3.15. The second-order valence-corrected chi connectivity index (χ2v) is 6.71. The van der Waals surface area contributed by atoms with Crippen molar-refractivity contribution in [3.8, 4) is 17.2 Å². The number of methoxy groups -OCH3 is 2. The average molecular weight is 383 g/mol. The van der Waals surface area contributed by atoms with Crippen molar-refractivity contribution < 1.29 is 14.3 Å². The van der Waals surface area contributed by atoms with E-state index >= 15 is 0 Å². The number of thioether (sulfide) groups is 1. The molecule has 0 aliphatic rings. The van der Waals surface area contributed by atoms with E-state index in [0.717, 1.165) is 17.0 Å². The molecule has 3 rings (SSSR count). The van der Waals surface area contributed by atoms with Gasteiger partial charge in [0.1, 0.15) is 11.5 Å². The molecule has 0 spiro atoms. The van der Waals surface area contributed by atoms with Gasteiger partial charge in [-0.15, -0.1) is 11.8 Å². The maximum absolute atomic E-state index is 12.2. The maximum atomic E-state index is 12.2. The van der Waals surface area contributed by atoms with E-state index in [4.69, 9.17) is 9.47 Å². The Labute approximate surface area is 162 Å². The van der Waals surface area contributed by atoms with Gasteiger partial charge >= 0.3 is 0 Å². The first kappa shape index (κ1) is 18.8. The van der Waals surface area contributed by atoms with Crippen molar-refractivity contribution in [2.75, 3.05) is 25.3 Å². The minimum Gasteiger partial charge on any atom is -0.497 e. The van der Waals surface area contributed by atoms with E-state index in [-0.39, 0.29) is 5.91 Å². The first-order valence-electron chi connectivity index (χ1n) is 8.38. The lowest BCUT2D eigenvalue weighted by Crippen LogP contribution is -2.15. The Kier molecular flexibility index (Phi) is 6.38. The van der Waals surface area contributed by atoms with E-state index in [9.17, 15) is 4.79 Å². The normalized spacial score (nSPS) is 10.4. The van der Waals surface area contributed by atoms with E-state index in [1.807, 2.05) is 41.2 Å². The molecule has 0 aliphatic carbocycles. The highest BCUT2D eigenvalue weighted by molar-refractivity contribution is 7.99. The molecule has 0 unspecified atom stereocenters. The fourth-order valence-electron chi connectivity index (χ4n) is 2.53. The second-order valence-electron chi connectivity index (χ2n) is 5.72. The van der Waals surface area contributed by atoms with Gasteiger partial charge in [-0.05, 0) is 35.9 Å². The first-order valence-corrected chi connectivity index (χ1v) is 9.53. The van der Waals surface area contributed by atoms with E-state index in [2.05, 4.69) is 10.4 Å². The van der Waals surface area contributed by atoms with Crippen LogP contribution in [0.5, 0.6) is 11.5 Å². The standard InChI is InChI=1S/C20H21N3O3S/c1-25-17-8-9-19(26-2)18(12-17)22-20(24)14-27-13-15-4-6-16(7-5-15)23-11-3-10-21-23/h3-12H,13-14H2,1-2H3,(H,22,24). The van der Waals surface area contributed by atoms with Crippen LogP contribution in [0.3, 0.4) is 0 Å². The Morgan fingerprint density at radius 2 is 1.96 bits per heavy atom. The number of carbonyl (C=O) groups is 1. The molecule has 7 heteroatoms. The van der Waals surface area contributed by atoms with Crippen LogP contribution in [0.15, 0.2) is 60.9 Å². The van der Waals surface area contributed by atoms with Gasteiger partial charge in [0.05, 0.1) is 31.3 Å². The number of nitrogens with zero attached hydrogens (tertiary/aromatic N) is 2. The van der Waals surface area contributed by atoms with Crippen LogP contribution in [0.25, 0.3) is 5.69 Å². The summed E-state index contributed by atoms with van der Waals surface area (Å²) in [5, 5.41) is 7.08. The van der Waals surface area contributed by atoms with Crippen molar-refractivity contribution in [3.05, 3.63) is 66.5 Å². The molecule has 0 saturated carbocycles. The highest BCUT2D eigenvalue weighted by atomic mass is 32.2. The molecule has 2 aromatic carbocycles. The lowest BCUT2D eigenvalue weighted by molar-refractivity contribution is -0.113. The highest BCUT2D eigenvalue weighted by Crippen LogP contribution is 2.29. The summed E-state index contributed by atoms with van der Waals surface area (Å²) in [4.78, 5) is 12.2. The van der Waals surface area contributed by atoms with E-state index in [1.165, 1.54) is 0 Å². The molecule has 0 saturated heterocycles. The number of rotatable bonds is 8. The predicted molar refractivity (Wildman–Crippen MR) is 108 cm³/mol. The Balaban J connectivity index is 1.51. The zero-order chi connectivity index (χ0) is 19.1.